The Balaban J connectivity index is 7.11. The molecule has 0 radical (unpaired) electrons. The molecule has 0 unspecified atom stereocenters. The third kappa shape index (κ3) is 2.73. The van der Waals surface area contributed by atoms with E-state index < -0.39 is 57.9 Å². The van der Waals surface area contributed by atoms with Crippen LogP contribution in [0.25, 0.3) is 0 Å². The number of hydrogen-bond acceptors (Lipinski definition) is 2. The average Bonchev–Trinajstić information content (AvgIpc) is 2.19. The van der Waals surface area contributed by atoms with E-state index in [1.165, 1.54) is 0 Å². The van der Waals surface area contributed by atoms with Crippen LogP contribution in [0.4, 0.5) is 52.7 Å². The highest BCUT2D eigenvalue weighted by molar-refractivity contribution is 7.94. The molecule has 0 aromatic carbocycles. The van der Waals surface area contributed by atoms with Crippen molar-refractivity contribution >= 4 is 9.84 Å². The zero-order chi connectivity index (χ0) is 19.5. The Kier molecular flexibility index (Phi) is 4.86. The summed E-state index contributed by atoms with van der Waals surface area (Å²) in [5, 5.41) is 0. The average molecular weight is 394 g/mol. The summed E-state index contributed by atoms with van der Waals surface area (Å²) in [7, 11) is -7.99. The van der Waals surface area contributed by atoms with E-state index >= 15 is 0 Å². The first-order valence-corrected chi connectivity index (χ1v) is 6.49. The maximum absolute atomic E-state index is 12.6. The molecule has 0 amide bonds. The number of halogens is 12. The summed E-state index contributed by atoms with van der Waals surface area (Å²) in [5.41, 5.74) is 0. The molecule has 15 heteroatoms. The highest BCUT2D eigenvalue weighted by Crippen LogP contribution is 2.58. The van der Waals surface area contributed by atoms with E-state index in [9.17, 15) is 61.1 Å². The predicted molar refractivity (Wildman–Crippen MR) is 49.9 cm³/mol. The van der Waals surface area contributed by atoms with Crippen LogP contribution in [0.2, 0.25) is 0 Å². The maximum atomic E-state index is 12.6. The topological polar surface area (TPSA) is 34.1 Å². The van der Waals surface area contributed by atoms with E-state index in [-0.39, 0.29) is 0 Å². The van der Waals surface area contributed by atoms with Crippen molar-refractivity contribution in [3.8, 4) is 0 Å². The molecule has 2 nitrogen and oxygen atoms in total. The normalized spacial score (nSPS) is 16.6. The first-order chi connectivity index (χ1) is 9.50. The Morgan fingerprint density at radius 1 is 0.478 bits per heavy atom. The van der Waals surface area contributed by atoms with Crippen molar-refractivity contribution in [2.75, 3.05) is 0 Å². The van der Waals surface area contributed by atoms with Gasteiger partial charge in [0.25, 0.3) is 9.49 Å². The van der Waals surface area contributed by atoms with Crippen LogP contribution in [0.15, 0.2) is 0 Å². The van der Waals surface area contributed by atoms with Crippen LogP contribution < -0.4 is 0 Å². The minimum Gasteiger partial charge on any atom is -0.226 e. The Morgan fingerprint density at radius 2 is 0.609 bits per heavy atom. The van der Waals surface area contributed by atoms with Gasteiger partial charge in [-0.25, -0.2) is 8.42 Å². The van der Waals surface area contributed by atoms with Crippen molar-refractivity contribution in [1.29, 1.82) is 0 Å². The SMILES string of the molecule is CC(C(F)(F)F)(C(F)(F)F)S(=O)(=O)C(C)(C(F)(F)F)C(F)(F)F. The fourth-order valence-electron chi connectivity index (χ4n) is 1.34. The highest BCUT2D eigenvalue weighted by atomic mass is 32.2. The molecule has 0 bridgehead atoms. The molecule has 0 spiro atoms. The van der Waals surface area contributed by atoms with E-state index in [4.69, 9.17) is 0 Å². The van der Waals surface area contributed by atoms with Crippen molar-refractivity contribution in [1.82, 2.24) is 0 Å². The number of hydrogen-bond donors (Lipinski definition) is 0. The lowest BCUT2D eigenvalue weighted by Gasteiger charge is -2.42. The van der Waals surface area contributed by atoms with Crippen LogP contribution in [0, 0.1) is 0 Å². The monoisotopic (exact) mass is 394 g/mol. The zero-order valence-electron chi connectivity index (χ0n) is 10.8. The molecular weight excluding hydrogens is 388 g/mol. The fourth-order valence-corrected chi connectivity index (χ4v) is 3.37. The summed E-state index contributed by atoms with van der Waals surface area (Å²) in [6, 6.07) is 0. The van der Waals surface area contributed by atoms with Gasteiger partial charge < -0.3 is 0 Å². The highest BCUT2D eigenvalue weighted by Gasteiger charge is 2.86. The summed E-state index contributed by atoms with van der Waals surface area (Å²) in [6.07, 6.45) is -28.0. The number of rotatable bonds is 2. The molecule has 23 heavy (non-hydrogen) atoms. The molecule has 0 saturated carbocycles. The van der Waals surface area contributed by atoms with Crippen LogP contribution in [-0.2, 0) is 9.84 Å². The van der Waals surface area contributed by atoms with Gasteiger partial charge in [-0.05, 0) is 13.8 Å². The Labute approximate surface area is 120 Å². The minimum absolute atomic E-state index is 1.29. The van der Waals surface area contributed by atoms with Crippen molar-refractivity contribution in [2.45, 2.75) is 48.0 Å². The standard InChI is InChI=1S/C8H6F12O2S/c1-3(5(9,10)11,6(12,13)14)23(21,22)4(2,7(15,16)17)8(18,19)20/h1-2H3. The smallest absolute Gasteiger partial charge is 0.226 e. The molecule has 0 aliphatic heterocycles. The second-order valence-electron chi connectivity index (χ2n) is 4.56. The molecule has 0 atom stereocenters. The molecule has 0 heterocycles. The van der Waals surface area contributed by atoms with Gasteiger partial charge in [-0.2, -0.15) is 52.7 Å². The van der Waals surface area contributed by atoms with Gasteiger partial charge in [-0.1, -0.05) is 0 Å². The number of alkyl halides is 12. The van der Waals surface area contributed by atoms with E-state index in [0.29, 0.717) is 0 Å². The van der Waals surface area contributed by atoms with E-state index in [1.54, 1.807) is 0 Å². The quantitative estimate of drug-likeness (QED) is 0.659. The molecule has 0 rings (SSSR count). The molecule has 0 aliphatic rings. The molecular formula is C8H6F12O2S. The van der Waals surface area contributed by atoms with Crippen molar-refractivity contribution in [2.24, 2.45) is 0 Å². The van der Waals surface area contributed by atoms with Crippen LogP contribution in [-0.4, -0.2) is 42.6 Å². The molecule has 0 fully saturated rings. The first kappa shape index (κ1) is 22.1. The molecule has 0 saturated heterocycles. The van der Waals surface area contributed by atoms with Crippen molar-refractivity contribution < 1.29 is 61.1 Å². The van der Waals surface area contributed by atoms with Gasteiger partial charge in [0.05, 0.1) is 0 Å². The predicted octanol–water partition coefficient (Wildman–Crippen LogP) is 4.17. The Morgan fingerprint density at radius 3 is 0.696 bits per heavy atom. The zero-order valence-corrected chi connectivity index (χ0v) is 11.6. The summed E-state index contributed by atoms with van der Waals surface area (Å²) < 4.78 is 161. The molecule has 0 aromatic heterocycles. The van der Waals surface area contributed by atoms with E-state index in [1.807, 2.05) is 0 Å². The lowest BCUT2D eigenvalue weighted by molar-refractivity contribution is -0.276. The summed E-state index contributed by atoms with van der Waals surface area (Å²) in [4.78, 5) is 0. The van der Waals surface area contributed by atoms with E-state index in [0.717, 1.165) is 0 Å². The second kappa shape index (κ2) is 5.05. The van der Waals surface area contributed by atoms with Gasteiger partial charge in [0.15, 0.2) is 9.84 Å². The lowest BCUT2D eigenvalue weighted by Crippen LogP contribution is -2.71. The Hall–Kier alpha value is -0.890. The fraction of sp³-hybridized carbons (Fsp3) is 1.00. The minimum atomic E-state index is -7.99. The maximum Gasteiger partial charge on any atom is 0.416 e. The van der Waals surface area contributed by atoms with Gasteiger partial charge >= 0.3 is 24.7 Å². The number of sulfone groups is 1. The molecule has 0 aromatic rings. The van der Waals surface area contributed by atoms with Crippen LogP contribution >= 0.6 is 0 Å². The third-order valence-electron chi connectivity index (χ3n) is 3.24. The van der Waals surface area contributed by atoms with Gasteiger partial charge in [-0.15, -0.1) is 0 Å². The molecule has 0 aliphatic carbocycles. The summed E-state index contributed by atoms with van der Waals surface area (Å²) in [6.45, 7) is -2.59. The lowest BCUT2D eigenvalue weighted by atomic mass is 10.1. The van der Waals surface area contributed by atoms with Crippen LogP contribution in [0.1, 0.15) is 13.8 Å². The van der Waals surface area contributed by atoms with Crippen molar-refractivity contribution in [3.05, 3.63) is 0 Å². The second-order valence-corrected chi connectivity index (χ2v) is 7.20. The van der Waals surface area contributed by atoms with Crippen molar-refractivity contribution in [3.63, 3.8) is 0 Å². The van der Waals surface area contributed by atoms with E-state index in [2.05, 4.69) is 0 Å². The third-order valence-corrected chi connectivity index (χ3v) is 6.31. The molecule has 140 valence electrons. The largest absolute Gasteiger partial charge is 0.416 e. The van der Waals surface area contributed by atoms with Gasteiger partial charge in [0.2, 0.25) is 0 Å². The Bertz CT molecular complexity index is 474. The van der Waals surface area contributed by atoms with Gasteiger partial charge in [0, 0.05) is 0 Å². The van der Waals surface area contributed by atoms with Gasteiger partial charge in [-0.3, -0.25) is 0 Å². The van der Waals surface area contributed by atoms with Crippen LogP contribution in [0.3, 0.4) is 0 Å². The summed E-state index contributed by atoms with van der Waals surface area (Å²) in [5.74, 6) is 0. The first-order valence-electron chi connectivity index (χ1n) is 5.01. The molecule has 0 N–H and O–H groups in total. The van der Waals surface area contributed by atoms with Gasteiger partial charge in [0.1, 0.15) is 0 Å². The summed E-state index contributed by atoms with van der Waals surface area (Å²) >= 11 is 0. The van der Waals surface area contributed by atoms with Crippen LogP contribution in [0.5, 0.6) is 0 Å².